The first kappa shape index (κ1) is 29.1. The van der Waals surface area contributed by atoms with E-state index in [-0.39, 0.29) is 36.3 Å². The van der Waals surface area contributed by atoms with Gasteiger partial charge in [-0.15, -0.1) is 0 Å². The Morgan fingerprint density at radius 2 is 1.93 bits per heavy atom. The van der Waals surface area contributed by atoms with E-state index in [9.17, 15) is 22.8 Å². The lowest BCUT2D eigenvalue weighted by molar-refractivity contribution is -0.138. The van der Waals surface area contributed by atoms with Crippen LogP contribution in [-0.4, -0.2) is 65.6 Å². The number of benzene rings is 2. The fourth-order valence-electron chi connectivity index (χ4n) is 6.06. The number of piperazine rings is 1. The van der Waals surface area contributed by atoms with Crippen molar-refractivity contribution in [2.45, 2.75) is 38.3 Å². The molecule has 234 valence electrons. The molecule has 0 spiro atoms. The fourth-order valence-corrected chi connectivity index (χ4v) is 6.06. The molecule has 2 atom stereocenters. The Hall–Kier alpha value is -4.62. The predicted molar refractivity (Wildman–Crippen MR) is 156 cm³/mol. The molecule has 4 aliphatic rings. The maximum atomic E-state index is 14.0. The van der Waals surface area contributed by atoms with Crippen molar-refractivity contribution in [3.63, 3.8) is 0 Å². The highest BCUT2D eigenvalue weighted by molar-refractivity contribution is 5.95. The summed E-state index contributed by atoms with van der Waals surface area (Å²) >= 11 is 0. The summed E-state index contributed by atoms with van der Waals surface area (Å²) in [5, 5.41) is 5.19. The van der Waals surface area contributed by atoms with Crippen molar-refractivity contribution in [2.24, 2.45) is 0 Å². The Balaban J connectivity index is 1.02. The van der Waals surface area contributed by atoms with Gasteiger partial charge >= 0.3 is 12.3 Å². The second-order valence-corrected chi connectivity index (χ2v) is 11.4. The van der Waals surface area contributed by atoms with Crippen LogP contribution in [0.1, 0.15) is 45.5 Å². The standard InChI is InChI=1S/C32H30F3N5O5/c1-2-39-9-11-40(12-10-39)16-19-4-3-18(13-24(19)32(33,34)35)30(41)37-15-22-27-21-14-20(5-6-25(21)45-28(22)27)44-26-7-8-36-29-23(26)17-43-31(42)38-29/h3-8,13-15,27-28H,2,9-12,16-17H2,1H3,(H,37,41)(H,36,38,42)/b22-15+/t27-,28+/m0/s1. The lowest BCUT2D eigenvalue weighted by Crippen LogP contribution is -2.45. The molecule has 45 heavy (non-hydrogen) atoms. The molecule has 4 heterocycles. The molecule has 7 rings (SSSR count). The van der Waals surface area contributed by atoms with Crippen LogP contribution in [0.25, 0.3) is 0 Å². The van der Waals surface area contributed by atoms with Crippen molar-refractivity contribution in [1.82, 2.24) is 20.1 Å². The molecule has 0 unspecified atom stereocenters. The number of alkyl halides is 3. The zero-order valence-electron chi connectivity index (χ0n) is 24.3. The highest BCUT2D eigenvalue weighted by atomic mass is 19.4. The van der Waals surface area contributed by atoms with Gasteiger partial charge in [0.2, 0.25) is 0 Å². The number of anilines is 1. The molecule has 2 fully saturated rings. The molecular formula is C32H30F3N5O5. The summed E-state index contributed by atoms with van der Waals surface area (Å²) in [4.78, 5) is 32.9. The number of halogens is 3. The van der Waals surface area contributed by atoms with Gasteiger partial charge in [-0.3, -0.25) is 15.0 Å². The maximum Gasteiger partial charge on any atom is 0.416 e. The molecule has 2 aromatic carbocycles. The summed E-state index contributed by atoms with van der Waals surface area (Å²) in [5.41, 5.74) is 1.59. The van der Waals surface area contributed by atoms with E-state index in [1.165, 1.54) is 24.5 Å². The van der Waals surface area contributed by atoms with Crippen LogP contribution in [0.2, 0.25) is 0 Å². The number of rotatable bonds is 7. The number of hydrogen-bond donors (Lipinski definition) is 2. The molecule has 1 aliphatic carbocycles. The molecule has 3 aliphatic heterocycles. The smallest absolute Gasteiger partial charge is 0.416 e. The number of cyclic esters (lactones) is 1. The van der Waals surface area contributed by atoms with E-state index >= 15 is 0 Å². The summed E-state index contributed by atoms with van der Waals surface area (Å²) in [7, 11) is 0. The first-order valence-corrected chi connectivity index (χ1v) is 14.7. The predicted octanol–water partition coefficient (Wildman–Crippen LogP) is 5.26. The summed E-state index contributed by atoms with van der Waals surface area (Å²) in [6.07, 6.45) is -2.40. The van der Waals surface area contributed by atoms with E-state index in [4.69, 9.17) is 14.2 Å². The highest BCUT2D eigenvalue weighted by Gasteiger charge is 2.54. The van der Waals surface area contributed by atoms with E-state index in [1.54, 1.807) is 18.2 Å². The molecule has 1 saturated carbocycles. The van der Waals surface area contributed by atoms with Gasteiger partial charge in [-0.1, -0.05) is 13.0 Å². The molecule has 10 nitrogen and oxygen atoms in total. The van der Waals surface area contributed by atoms with Crippen molar-refractivity contribution in [2.75, 3.05) is 38.0 Å². The third-order valence-corrected chi connectivity index (χ3v) is 8.61. The largest absolute Gasteiger partial charge is 0.485 e. The lowest BCUT2D eigenvalue weighted by Gasteiger charge is -2.34. The van der Waals surface area contributed by atoms with Gasteiger partial charge in [-0.2, -0.15) is 13.2 Å². The topological polar surface area (TPSA) is 105 Å². The van der Waals surface area contributed by atoms with E-state index in [2.05, 4.69) is 27.4 Å². The minimum Gasteiger partial charge on any atom is -0.485 e. The highest BCUT2D eigenvalue weighted by Crippen LogP contribution is 2.58. The number of ether oxygens (including phenoxy) is 3. The quantitative estimate of drug-likeness (QED) is 0.368. The Morgan fingerprint density at radius 3 is 2.71 bits per heavy atom. The van der Waals surface area contributed by atoms with Crippen LogP contribution in [0.15, 0.2) is 60.4 Å². The van der Waals surface area contributed by atoms with Gasteiger partial charge < -0.3 is 24.4 Å². The fraction of sp³-hybridized carbons (Fsp3) is 0.344. The Labute approximate surface area is 256 Å². The van der Waals surface area contributed by atoms with Crippen LogP contribution in [0, 0.1) is 0 Å². The van der Waals surface area contributed by atoms with Gasteiger partial charge in [0.25, 0.3) is 5.91 Å². The lowest BCUT2D eigenvalue weighted by atomic mass is 10.0. The number of amides is 2. The number of likely N-dealkylation sites (N-methyl/N-ethyl adjacent to an activating group) is 1. The van der Waals surface area contributed by atoms with Gasteiger partial charge in [-0.05, 0) is 54.1 Å². The molecule has 3 aromatic rings. The Morgan fingerprint density at radius 1 is 1.13 bits per heavy atom. The van der Waals surface area contributed by atoms with E-state index in [0.717, 1.165) is 36.8 Å². The Kier molecular flexibility index (Phi) is 7.37. The first-order chi connectivity index (χ1) is 21.7. The molecular weight excluding hydrogens is 591 g/mol. The SMILES string of the molecule is CCN1CCN(Cc2ccc(C(=O)N/C=C3/[C@H]4Oc5ccc(Oc6ccnc7c6COC(=O)N7)cc5[C@@H]34)cc2C(F)(F)F)CC1. The average Bonchev–Trinajstić information content (AvgIpc) is 3.58. The monoisotopic (exact) mass is 621 g/mol. The number of nitrogens with zero attached hydrogens (tertiary/aromatic N) is 3. The zero-order chi connectivity index (χ0) is 31.3. The van der Waals surface area contributed by atoms with Crippen molar-refractivity contribution in [3.8, 4) is 17.2 Å². The van der Waals surface area contributed by atoms with Gasteiger partial charge in [0.1, 0.15) is 35.8 Å². The molecule has 1 aromatic heterocycles. The zero-order valence-corrected chi connectivity index (χ0v) is 24.3. The number of aromatic nitrogens is 1. The summed E-state index contributed by atoms with van der Waals surface area (Å²) in [6.45, 7) is 6.23. The number of carbonyl (C=O) groups is 2. The van der Waals surface area contributed by atoms with Gasteiger partial charge in [0.05, 0.1) is 17.0 Å². The van der Waals surface area contributed by atoms with E-state index in [1.807, 2.05) is 11.0 Å². The molecule has 0 bridgehead atoms. The van der Waals surface area contributed by atoms with Crippen LogP contribution in [0.3, 0.4) is 0 Å². The summed E-state index contributed by atoms with van der Waals surface area (Å²) in [6, 6.07) is 10.9. The summed E-state index contributed by atoms with van der Waals surface area (Å²) < 4.78 is 59.2. The molecule has 1 saturated heterocycles. The third-order valence-electron chi connectivity index (χ3n) is 8.61. The van der Waals surface area contributed by atoms with Crippen LogP contribution >= 0.6 is 0 Å². The van der Waals surface area contributed by atoms with Crippen molar-refractivity contribution in [1.29, 1.82) is 0 Å². The normalized spacial score (nSPS) is 21.6. The Bertz CT molecular complexity index is 1700. The summed E-state index contributed by atoms with van der Waals surface area (Å²) in [5.74, 6) is 1.34. The van der Waals surface area contributed by atoms with E-state index in [0.29, 0.717) is 41.7 Å². The minimum atomic E-state index is -4.59. The number of fused-ring (bicyclic) bond motifs is 4. The van der Waals surface area contributed by atoms with Gasteiger partial charge in [-0.25, -0.2) is 9.78 Å². The van der Waals surface area contributed by atoms with Crippen LogP contribution in [0.4, 0.5) is 23.8 Å². The number of hydrogen-bond acceptors (Lipinski definition) is 8. The van der Waals surface area contributed by atoms with Crippen molar-refractivity contribution in [3.05, 3.63) is 88.3 Å². The third kappa shape index (κ3) is 5.80. The number of carbonyl (C=O) groups excluding carboxylic acids is 2. The van der Waals surface area contributed by atoms with Crippen molar-refractivity contribution < 1.29 is 37.0 Å². The average molecular weight is 622 g/mol. The van der Waals surface area contributed by atoms with E-state index < -0.39 is 23.7 Å². The molecule has 2 amide bonds. The number of pyridine rings is 1. The first-order valence-electron chi connectivity index (χ1n) is 14.7. The van der Waals surface area contributed by atoms with Crippen LogP contribution in [0.5, 0.6) is 17.2 Å². The van der Waals surface area contributed by atoms with Gasteiger partial charge in [0.15, 0.2) is 0 Å². The number of nitrogens with one attached hydrogen (secondary N) is 2. The molecule has 0 radical (unpaired) electrons. The minimum absolute atomic E-state index is 0.0270. The maximum absolute atomic E-state index is 14.0. The second-order valence-electron chi connectivity index (χ2n) is 11.4. The second kappa shape index (κ2) is 11.4. The van der Waals surface area contributed by atoms with Gasteiger partial charge in [0, 0.05) is 56.2 Å². The van der Waals surface area contributed by atoms with Crippen molar-refractivity contribution >= 4 is 17.8 Å². The molecule has 2 N–H and O–H groups in total. The van der Waals surface area contributed by atoms with Crippen LogP contribution < -0.4 is 20.1 Å². The van der Waals surface area contributed by atoms with Crippen LogP contribution in [-0.2, 0) is 24.1 Å². The molecule has 13 heteroatoms.